The van der Waals surface area contributed by atoms with Crippen molar-refractivity contribution >= 4 is 28.0 Å². The Morgan fingerprint density at radius 3 is 2.50 bits per heavy atom. The van der Waals surface area contributed by atoms with Crippen LogP contribution in [0, 0.1) is 0 Å². The van der Waals surface area contributed by atoms with E-state index in [2.05, 4.69) is 41.4 Å². The molecule has 36 heavy (non-hydrogen) atoms. The number of fused-ring (bicyclic) bond motifs is 6. The van der Waals surface area contributed by atoms with Crippen LogP contribution in [0.1, 0.15) is 22.6 Å². The third-order valence-electron chi connectivity index (χ3n) is 6.65. The summed E-state index contributed by atoms with van der Waals surface area (Å²) >= 11 is 6.10. The highest BCUT2D eigenvalue weighted by Crippen LogP contribution is 2.50. The summed E-state index contributed by atoms with van der Waals surface area (Å²) in [6, 6.07) is 28.1. The Morgan fingerprint density at radius 2 is 1.69 bits per heavy atom. The number of halogens is 1. The van der Waals surface area contributed by atoms with E-state index in [1.165, 1.54) is 0 Å². The van der Waals surface area contributed by atoms with Crippen LogP contribution in [0.2, 0.25) is 5.02 Å². The smallest absolute Gasteiger partial charge is 0.228 e. The maximum absolute atomic E-state index is 6.39. The van der Waals surface area contributed by atoms with Crippen LogP contribution in [0.5, 0.6) is 17.4 Å². The van der Waals surface area contributed by atoms with Gasteiger partial charge in [0.2, 0.25) is 5.88 Å². The fourth-order valence-corrected chi connectivity index (χ4v) is 5.08. The van der Waals surface area contributed by atoms with E-state index in [-0.39, 0.29) is 5.92 Å². The zero-order valence-corrected chi connectivity index (χ0v) is 20.0. The maximum atomic E-state index is 6.39. The average Bonchev–Trinajstić information content (AvgIpc) is 3.37. The van der Waals surface area contributed by atoms with Crippen LogP contribution in [0.3, 0.4) is 0 Å². The van der Waals surface area contributed by atoms with Crippen LogP contribution >= 0.6 is 11.6 Å². The lowest BCUT2D eigenvalue weighted by molar-refractivity contribution is 0.414. The topological polar surface area (TPSA) is 61.5 Å². The van der Waals surface area contributed by atoms with Gasteiger partial charge in [-0.05, 0) is 58.8 Å². The van der Waals surface area contributed by atoms with Gasteiger partial charge in [0.15, 0.2) is 11.5 Å². The lowest BCUT2D eigenvalue weighted by Gasteiger charge is -2.29. The molecule has 0 N–H and O–H groups in total. The molecule has 1 unspecified atom stereocenters. The van der Waals surface area contributed by atoms with Crippen LogP contribution < -0.4 is 9.47 Å². The van der Waals surface area contributed by atoms with Gasteiger partial charge < -0.3 is 9.47 Å². The number of benzene rings is 4. The minimum atomic E-state index is -0.167. The van der Waals surface area contributed by atoms with E-state index in [1.807, 2.05) is 48.5 Å². The van der Waals surface area contributed by atoms with Crippen molar-refractivity contribution in [2.24, 2.45) is 0 Å². The van der Waals surface area contributed by atoms with Gasteiger partial charge >= 0.3 is 0 Å². The zero-order valence-electron chi connectivity index (χ0n) is 19.2. The predicted molar refractivity (Wildman–Crippen MR) is 139 cm³/mol. The van der Waals surface area contributed by atoms with Gasteiger partial charge in [-0.3, -0.25) is 0 Å². The van der Waals surface area contributed by atoms with Gasteiger partial charge in [-0.15, -0.1) is 5.10 Å². The summed E-state index contributed by atoms with van der Waals surface area (Å²) in [5.41, 5.74) is 4.62. The molecule has 0 spiro atoms. The lowest BCUT2D eigenvalue weighted by atomic mass is 9.81. The number of hydrogen-bond donors (Lipinski definition) is 0. The molecule has 0 aliphatic carbocycles. The summed E-state index contributed by atoms with van der Waals surface area (Å²) in [7, 11) is 1.67. The second kappa shape index (κ2) is 8.07. The van der Waals surface area contributed by atoms with Gasteiger partial charge in [0.05, 0.1) is 12.7 Å². The number of methoxy groups -OCH3 is 1. The summed E-state index contributed by atoms with van der Waals surface area (Å²) in [6.07, 6.45) is 1.65. The second-order valence-electron chi connectivity index (χ2n) is 8.68. The number of hydrogen-bond acceptors (Lipinski definition) is 5. The Bertz CT molecular complexity index is 1760. The largest absolute Gasteiger partial charge is 0.497 e. The molecular formula is C29H19ClN4O2. The van der Waals surface area contributed by atoms with Crippen molar-refractivity contribution in [3.05, 3.63) is 113 Å². The van der Waals surface area contributed by atoms with Crippen LogP contribution in [0.15, 0.2) is 91.3 Å². The van der Waals surface area contributed by atoms with Gasteiger partial charge in [0, 0.05) is 22.1 Å². The molecular weight excluding hydrogens is 472 g/mol. The Kier molecular flexibility index (Phi) is 4.69. The summed E-state index contributed by atoms with van der Waals surface area (Å²) in [5.74, 6) is 2.55. The van der Waals surface area contributed by atoms with Crippen molar-refractivity contribution < 1.29 is 9.47 Å². The minimum Gasteiger partial charge on any atom is -0.497 e. The molecule has 1 aliphatic rings. The molecule has 2 aromatic heterocycles. The van der Waals surface area contributed by atoms with E-state index in [9.17, 15) is 0 Å². The average molecular weight is 491 g/mol. The first-order valence-corrected chi connectivity index (χ1v) is 11.9. The minimum absolute atomic E-state index is 0.167. The van der Waals surface area contributed by atoms with Crippen molar-refractivity contribution in [3.8, 4) is 28.8 Å². The number of ether oxygens (including phenoxy) is 2. The molecule has 3 heterocycles. The summed E-state index contributed by atoms with van der Waals surface area (Å²) in [6.45, 7) is 0. The van der Waals surface area contributed by atoms with E-state index >= 15 is 0 Å². The van der Waals surface area contributed by atoms with Crippen molar-refractivity contribution in [2.45, 2.75) is 5.92 Å². The van der Waals surface area contributed by atoms with E-state index in [1.54, 1.807) is 18.0 Å². The van der Waals surface area contributed by atoms with Gasteiger partial charge in [0.25, 0.3) is 0 Å². The molecule has 1 aliphatic heterocycles. The highest BCUT2D eigenvalue weighted by molar-refractivity contribution is 6.30. The molecule has 0 saturated heterocycles. The third kappa shape index (κ3) is 3.22. The molecule has 4 aromatic carbocycles. The number of aromatic nitrogens is 4. The van der Waals surface area contributed by atoms with Crippen LogP contribution in [-0.4, -0.2) is 26.7 Å². The molecule has 174 valence electrons. The number of rotatable bonds is 3. The molecule has 1 atom stereocenters. The Morgan fingerprint density at radius 1 is 0.889 bits per heavy atom. The first kappa shape index (κ1) is 20.9. The Hall–Kier alpha value is -4.42. The zero-order chi connectivity index (χ0) is 24.2. The highest BCUT2D eigenvalue weighted by Gasteiger charge is 2.34. The fourth-order valence-electron chi connectivity index (χ4n) is 4.96. The maximum Gasteiger partial charge on any atom is 0.228 e. The Labute approximate surface area is 211 Å². The molecule has 6 nitrogen and oxygen atoms in total. The van der Waals surface area contributed by atoms with Crippen molar-refractivity contribution in [2.75, 3.05) is 7.11 Å². The quantitative estimate of drug-likeness (QED) is 0.270. The van der Waals surface area contributed by atoms with E-state index in [0.717, 1.165) is 44.5 Å². The molecule has 0 saturated carbocycles. The molecule has 7 rings (SSSR count). The molecule has 7 heteroatoms. The highest BCUT2D eigenvalue weighted by atomic mass is 35.5. The summed E-state index contributed by atoms with van der Waals surface area (Å²) < 4.78 is 13.5. The lowest BCUT2D eigenvalue weighted by Crippen LogP contribution is -2.15. The van der Waals surface area contributed by atoms with Gasteiger partial charge in [-0.1, -0.05) is 54.1 Å². The molecule has 0 radical (unpaired) electrons. The number of nitrogens with zero attached hydrogens (tertiary/aromatic N) is 4. The normalized spacial score (nSPS) is 14.3. The SMILES string of the molecule is COc1ccc(C2c3c(ccc4ccccc34)Oc3ncn4nc(-c5ccc(Cl)cc5)nc4c32)cc1. The van der Waals surface area contributed by atoms with Gasteiger partial charge in [-0.25, -0.2) is 14.5 Å². The molecule has 0 fully saturated rings. The van der Waals surface area contributed by atoms with Crippen LogP contribution in [0.4, 0.5) is 0 Å². The van der Waals surface area contributed by atoms with Crippen molar-refractivity contribution in [1.29, 1.82) is 0 Å². The standard InChI is InChI=1S/C29H19ClN4O2/c1-35-21-13-8-18(9-14-21)24-25-22-5-3-2-4-17(22)10-15-23(25)36-29-26(24)28-32-27(33-34(28)16-31-29)19-6-11-20(30)12-7-19/h2-16,24H,1H3. The van der Waals surface area contributed by atoms with Gasteiger partial charge in [0.1, 0.15) is 17.8 Å². The summed E-state index contributed by atoms with van der Waals surface area (Å²) in [4.78, 5) is 9.60. The van der Waals surface area contributed by atoms with Crippen molar-refractivity contribution in [1.82, 2.24) is 19.6 Å². The first-order valence-electron chi connectivity index (χ1n) is 11.5. The second-order valence-corrected chi connectivity index (χ2v) is 9.12. The monoisotopic (exact) mass is 490 g/mol. The molecule has 0 bridgehead atoms. The first-order chi connectivity index (χ1) is 17.7. The van der Waals surface area contributed by atoms with E-state index < -0.39 is 0 Å². The third-order valence-corrected chi connectivity index (χ3v) is 6.91. The van der Waals surface area contributed by atoms with Crippen LogP contribution in [0.25, 0.3) is 27.8 Å². The van der Waals surface area contributed by atoms with Crippen molar-refractivity contribution in [3.63, 3.8) is 0 Å². The Balaban J connectivity index is 1.51. The molecule has 0 amide bonds. The van der Waals surface area contributed by atoms with Crippen LogP contribution in [-0.2, 0) is 0 Å². The van der Waals surface area contributed by atoms with Gasteiger partial charge in [-0.2, -0.15) is 0 Å². The van der Waals surface area contributed by atoms with E-state index in [4.69, 9.17) is 31.2 Å². The predicted octanol–water partition coefficient (Wildman–Crippen LogP) is 6.89. The van der Waals surface area contributed by atoms with E-state index in [0.29, 0.717) is 22.4 Å². The fraction of sp³-hybridized carbons (Fsp3) is 0.0690. The molecule has 6 aromatic rings. The summed E-state index contributed by atoms with van der Waals surface area (Å²) in [5, 5.41) is 7.65.